The molecule has 4 heteroatoms. The number of phenolic OH excluding ortho intramolecular Hbond substituents is 1. The van der Waals surface area contributed by atoms with E-state index in [0.717, 1.165) is 11.7 Å². The first kappa shape index (κ1) is 9.80. The van der Waals surface area contributed by atoms with Gasteiger partial charge in [-0.05, 0) is 23.8 Å². The molecule has 0 saturated heterocycles. The van der Waals surface area contributed by atoms with Gasteiger partial charge in [0.25, 0.3) is 0 Å². The van der Waals surface area contributed by atoms with Gasteiger partial charge in [0, 0.05) is 11.7 Å². The highest BCUT2D eigenvalue weighted by Gasteiger charge is 1.94. The van der Waals surface area contributed by atoms with Crippen molar-refractivity contribution in [3.8, 4) is 5.75 Å². The molecular weight excluding hydrogens is 188 g/mol. The lowest BCUT2D eigenvalue weighted by Gasteiger charge is -1.93. The smallest absolute Gasteiger partial charge is 0.168 e. The van der Waals surface area contributed by atoms with E-state index in [2.05, 4.69) is 0 Å². The summed E-state index contributed by atoms with van der Waals surface area (Å²) < 4.78 is 21.5. The summed E-state index contributed by atoms with van der Waals surface area (Å²) in [4.78, 5) is 0. The molecule has 0 aliphatic rings. The Morgan fingerprint density at radius 1 is 1.38 bits per heavy atom. The quantitative estimate of drug-likeness (QED) is 0.781. The highest BCUT2D eigenvalue weighted by atomic mass is 32.2. The van der Waals surface area contributed by atoms with E-state index in [9.17, 15) is 8.42 Å². The normalized spacial score (nSPS) is 12.1. The maximum absolute atomic E-state index is 10.7. The molecule has 0 unspecified atom stereocenters. The molecule has 0 radical (unpaired) electrons. The Labute approximate surface area is 77.3 Å². The first-order valence-electron chi connectivity index (χ1n) is 3.64. The van der Waals surface area contributed by atoms with Crippen LogP contribution in [0.25, 0.3) is 6.08 Å². The van der Waals surface area contributed by atoms with Gasteiger partial charge >= 0.3 is 0 Å². The molecule has 0 aliphatic heterocycles. The van der Waals surface area contributed by atoms with Crippen LogP contribution in [0.5, 0.6) is 5.75 Å². The van der Waals surface area contributed by atoms with Crippen molar-refractivity contribution < 1.29 is 13.5 Å². The van der Waals surface area contributed by atoms with Gasteiger partial charge in [-0.3, -0.25) is 0 Å². The topological polar surface area (TPSA) is 54.4 Å². The van der Waals surface area contributed by atoms with Crippen LogP contribution in [0.2, 0.25) is 0 Å². The van der Waals surface area contributed by atoms with Crippen LogP contribution in [0.1, 0.15) is 5.56 Å². The summed E-state index contributed by atoms with van der Waals surface area (Å²) in [5, 5.41) is 10.2. The SMILES string of the molecule is CS(=O)(=O)C=Cc1cccc(O)c1. The van der Waals surface area contributed by atoms with Crippen LogP contribution in [0.3, 0.4) is 0 Å². The lowest BCUT2D eigenvalue weighted by atomic mass is 10.2. The molecule has 1 rings (SSSR count). The summed E-state index contributed by atoms with van der Waals surface area (Å²) in [6.07, 6.45) is 2.56. The number of hydrogen-bond donors (Lipinski definition) is 1. The second kappa shape index (κ2) is 3.62. The summed E-state index contributed by atoms with van der Waals surface area (Å²) >= 11 is 0. The first-order valence-corrected chi connectivity index (χ1v) is 5.60. The largest absolute Gasteiger partial charge is 0.508 e. The van der Waals surface area contributed by atoms with E-state index in [1.54, 1.807) is 12.1 Å². The van der Waals surface area contributed by atoms with Gasteiger partial charge in [-0.2, -0.15) is 0 Å². The van der Waals surface area contributed by atoms with Crippen LogP contribution < -0.4 is 0 Å². The molecule has 0 atom stereocenters. The van der Waals surface area contributed by atoms with E-state index < -0.39 is 9.84 Å². The molecule has 1 aromatic rings. The van der Waals surface area contributed by atoms with Crippen LogP contribution >= 0.6 is 0 Å². The molecule has 0 aliphatic carbocycles. The average Bonchev–Trinajstić information content (AvgIpc) is 2.00. The second-order valence-corrected chi connectivity index (χ2v) is 4.66. The zero-order valence-corrected chi connectivity index (χ0v) is 7.95. The molecule has 1 aromatic carbocycles. The summed E-state index contributed by atoms with van der Waals surface area (Å²) in [7, 11) is -3.10. The fraction of sp³-hybridized carbons (Fsp3) is 0.111. The van der Waals surface area contributed by atoms with Crippen LogP contribution in [0, 0.1) is 0 Å². The van der Waals surface area contributed by atoms with Crippen LogP contribution in [-0.2, 0) is 9.84 Å². The lowest BCUT2D eigenvalue weighted by molar-refractivity contribution is 0.475. The van der Waals surface area contributed by atoms with Gasteiger partial charge in [-0.1, -0.05) is 12.1 Å². The molecule has 0 saturated carbocycles. The van der Waals surface area contributed by atoms with Crippen molar-refractivity contribution in [1.29, 1.82) is 0 Å². The van der Waals surface area contributed by atoms with E-state index in [0.29, 0.717) is 5.56 Å². The van der Waals surface area contributed by atoms with Gasteiger partial charge < -0.3 is 5.11 Å². The lowest BCUT2D eigenvalue weighted by Crippen LogP contribution is -1.87. The molecule has 0 spiro atoms. The molecule has 13 heavy (non-hydrogen) atoms. The van der Waals surface area contributed by atoms with E-state index in [4.69, 9.17) is 5.11 Å². The number of sulfone groups is 1. The molecule has 0 amide bonds. The summed E-state index contributed by atoms with van der Waals surface area (Å²) in [5.41, 5.74) is 0.658. The van der Waals surface area contributed by atoms with E-state index in [1.807, 2.05) is 0 Å². The van der Waals surface area contributed by atoms with Crippen molar-refractivity contribution in [2.45, 2.75) is 0 Å². The number of hydrogen-bond acceptors (Lipinski definition) is 3. The summed E-state index contributed by atoms with van der Waals surface area (Å²) in [6.45, 7) is 0. The Balaban J connectivity index is 2.93. The highest BCUT2D eigenvalue weighted by Crippen LogP contribution is 2.12. The van der Waals surface area contributed by atoms with E-state index in [-0.39, 0.29) is 5.75 Å². The van der Waals surface area contributed by atoms with Gasteiger partial charge in [0.15, 0.2) is 9.84 Å². The van der Waals surface area contributed by atoms with Crippen molar-refractivity contribution in [2.75, 3.05) is 6.26 Å². The molecule has 0 aromatic heterocycles. The molecule has 0 heterocycles. The molecule has 1 N–H and O–H groups in total. The minimum absolute atomic E-state index is 0.121. The summed E-state index contributed by atoms with van der Waals surface area (Å²) in [6, 6.07) is 6.37. The first-order chi connectivity index (χ1) is 5.97. The summed E-state index contributed by atoms with van der Waals surface area (Å²) in [5.74, 6) is 0.121. The zero-order chi connectivity index (χ0) is 9.90. The molecule has 0 bridgehead atoms. The maximum Gasteiger partial charge on any atom is 0.168 e. The Bertz CT molecular complexity index is 418. The standard InChI is InChI=1S/C9H10O3S/c1-13(11,12)6-5-8-3-2-4-9(10)7-8/h2-7,10H,1H3. The third kappa shape index (κ3) is 3.75. The molecular formula is C9H10O3S. The van der Waals surface area contributed by atoms with Crippen LogP contribution in [-0.4, -0.2) is 19.8 Å². The van der Waals surface area contributed by atoms with Crippen molar-refractivity contribution in [3.63, 3.8) is 0 Å². The number of phenols is 1. The second-order valence-electron chi connectivity index (χ2n) is 2.73. The fourth-order valence-electron chi connectivity index (χ4n) is 0.831. The maximum atomic E-state index is 10.7. The van der Waals surface area contributed by atoms with Crippen molar-refractivity contribution in [3.05, 3.63) is 35.2 Å². The average molecular weight is 198 g/mol. The molecule has 70 valence electrons. The number of aromatic hydroxyl groups is 1. The monoisotopic (exact) mass is 198 g/mol. The van der Waals surface area contributed by atoms with Crippen molar-refractivity contribution >= 4 is 15.9 Å². The van der Waals surface area contributed by atoms with Crippen molar-refractivity contribution in [2.24, 2.45) is 0 Å². The van der Waals surface area contributed by atoms with Crippen LogP contribution in [0.15, 0.2) is 29.7 Å². The molecule has 0 fully saturated rings. The Morgan fingerprint density at radius 3 is 2.62 bits per heavy atom. The Hall–Kier alpha value is -1.29. The van der Waals surface area contributed by atoms with Gasteiger partial charge in [0.1, 0.15) is 5.75 Å². The van der Waals surface area contributed by atoms with E-state index in [1.165, 1.54) is 18.2 Å². The predicted molar refractivity (Wildman–Crippen MR) is 52.0 cm³/mol. The third-order valence-electron chi connectivity index (χ3n) is 1.38. The predicted octanol–water partition coefficient (Wildman–Crippen LogP) is 1.41. The van der Waals surface area contributed by atoms with E-state index >= 15 is 0 Å². The number of benzene rings is 1. The number of rotatable bonds is 2. The van der Waals surface area contributed by atoms with Crippen molar-refractivity contribution in [1.82, 2.24) is 0 Å². The Morgan fingerprint density at radius 2 is 2.08 bits per heavy atom. The fourth-order valence-corrected chi connectivity index (χ4v) is 1.23. The van der Waals surface area contributed by atoms with Crippen LogP contribution in [0.4, 0.5) is 0 Å². The minimum atomic E-state index is -3.10. The molecule has 3 nitrogen and oxygen atoms in total. The van der Waals surface area contributed by atoms with Gasteiger partial charge in [0.2, 0.25) is 0 Å². The highest BCUT2D eigenvalue weighted by molar-refractivity contribution is 7.93. The third-order valence-corrected chi connectivity index (χ3v) is 2.01. The van der Waals surface area contributed by atoms with Gasteiger partial charge in [0.05, 0.1) is 0 Å². The van der Waals surface area contributed by atoms with Gasteiger partial charge in [-0.15, -0.1) is 0 Å². The minimum Gasteiger partial charge on any atom is -0.508 e. The zero-order valence-electron chi connectivity index (χ0n) is 7.14. The van der Waals surface area contributed by atoms with Gasteiger partial charge in [-0.25, -0.2) is 8.42 Å². The Kier molecular flexibility index (Phi) is 2.72.